The van der Waals surface area contributed by atoms with Gasteiger partial charge in [0.15, 0.2) is 0 Å². The van der Waals surface area contributed by atoms with Gasteiger partial charge < -0.3 is 24.3 Å². The molecule has 0 aliphatic carbocycles. The molecule has 2 aromatic rings. The van der Waals surface area contributed by atoms with Crippen LogP contribution in [0.2, 0.25) is 0 Å². The highest BCUT2D eigenvalue weighted by Gasteiger charge is 2.28. The lowest BCUT2D eigenvalue weighted by atomic mass is 9.95. The van der Waals surface area contributed by atoms with E-state index in [1.54, 1.807) is 14.2 Å². The Morgan fingerprint density at radius 2 is 1.73 bits per heavy atom. The minimum Gasteiger partial charge on any atom is -0.497 e. The van der Waals surface area contributed by atoms with Gasteiger partial charge in [0.05, 0.1) is 13.7 Å². The van der Waals surface area contributed by atoms with Crippen LogP contribution in [0.5, 0.6) is 5.75 Å². The quantitative estimate of drug-likeness (QED) is 0.526. The lowest BCUT2D eigenvalue weighted by Gasteiger charge is -2.39. The molecule has 0 bridgehead atoms. The Balaban J connectivity index is 0.000000289. The summed E-state index contributed by atoms with van der Waals surface area (Å²) in [6, 6.07) is 4.62. The van der Waals surface area contributed by atoms with Crippen LogP contribution in [0.3, 0.4) is 0 Å². The molecule has 2 aliphatic rings. The molecule has 1 aromatic heterocycles. The van der Waals surface area contributed by atoms with Gasteiger partial charge in [0.1, 0.15) is 5.75 Å². The van der Waals surface area contributed by atoms with E-state index in [9.17, 15) is 4.79 Å². The fraction of sp³-hybridized carbons (Fsp3) is 0.667. The molecule has 2 fully saturated rings. The second-order valence-corrected chi connectivity index (χ2v) is 10.8. The number of piperazine rings is 1. The van der Waals surface area contributed by atoms with Crippen molar-refractivity contribution in [2.75, 3.05) is 60.0 Å². The van der Waals surface area contributed by atoms with Crippen LogP contribution in [0.15, 0.2) is 21.4 Å². The molecular weight excluding hydrogens is 488 g/mol. The maximum atomic E-state index is 12.5. The zero-order chi connectivity index (χ0) is 26.9. The van der Waals surface area contributed by atoms with Crippen molar-refractivity contribution in [3.63, 3.8) is 0 Å². The van der Waals surface area contributed by atoms with Gasteiger partial charge in [-0.05, 0) is 89.9 Å². The number of hydrogen-bond acceptors (Lipinski definition) is 9. The maximum absolute atomic E-state index is 12.5. The first-order valence-corrected chi connectivity index (χ1v) is 13.7. The zero-order valence-electron chi connectivity index (χ0n) is 23.3. The van der Waals surface area contributed by atoms with Gasteiger partial charge in [-0.3, -0.25) is 9.69 Å². The van der Waals surface area contributed by atoms with Gasteiger partial charge in [-0.1, -0.05) is 0 Å². The summed E-state index contributed by atoms with van der Waals surface area (Å²) in [6.07, 6.45) is 2.57. The van der Waals surface area contributed by atoms with E-state index in [1.165, 1.54) is 25.9 Å². The summed E-state index contributed by atoms with van der Waals surface area (Å²) in [5, 5.41) is 10.7. The highest BCUT2D eigenvalue weighted by molar-refractivity contribution is 7.80. The predicted molar refractivity (Wildman–Crippen MR) is 149 cm³/mol. The van der Waals surface area contributed by atoms with Gasteiger partial charge >= 0.3 is 11.8 Å². The molecule has 9 nitrogen and oxygen atoms in total. The molecular formula is C27H44N6O3S. The monoisotopic (exact) mass is 532 g/mol. The smallest absolute Gasteiger partial charge is 0.311 e. The summed E-state index contributed by atoms with van der Waals surface area (Å²) in [7, 11) is 3.48. The Kier molecular flexibility index (Phi) is 11.2. The molecule has 37 heavy (non-hydrogen) atoms. The van der Waals surface area contributed by atoms with Gasteiger partial charge in [0.25, 0.3) is 0 Å². The molecule has 206 valence electrons. The van der Waals surface area contributed by atoms with Crippen LogP contribution in [0.1, 0.15) is 54.4 Å². The molecule has 2 saturated heterocycles. The van der Waals surface area contributed by atoms with E-state index in [0.29, 0.717) is 18.5 Å². The lowest BCUT2D eigenvalue weighted by molar-refractivity contribution is 0.0542. The number of amides is 1. The topological polar surface area (TPSA) is 87.0 Å². The van der Waals surface area contributed by atoms with E-state index in [-0.39, 0.29) is 11.8 Å². The standard InChI is InChI=1S/C18H32N6O2.C9H12OS/c1-14(2)23-6-4-15(5-7-23)13-22-8-10-24(11-9-22)18(25)17-21-20-16(26-17)12-19-3;1-6-4-8(10-3)5-7(2)9(6)11/h14-15,19H,4-13H2,1-3H3;4-5,11H,1-3H3. The van der Waals surface area contributed by atoms with Crippen LogP contribution in [0.4, 0.5) is 0 Å². The van der Waals surface area contributed by atoms with E-state index in [1.807, 2.05) is 30.9 Å². The molecule has 1 amide bonds. The summed E-state index contributed by atoms with van der Waals surface area (Å²) in [6.45, 7) is 16.0. The molecule has 0 saturated carbocycles. The molecule has 4 rings (SSSR count). The van der Waals surface area contributed by atoms with Crippen molar-refractivity contribution in [3.05, 3.63) is 35.0 Å². The third-order valence-electron chi connectivity index (χ3n) is 7.23. The molecule has 0 radical (unpaired) electrons. The summed E-state index contributed by atoms with van der Waals surface area (Å²) in [5.74, 6) is 2.09. The number of benzene rings is 1. The number of methoxy groups -OCH3 is 1. The molecule has 1 aromatic carbocycles. The number of aryl methyl sites for hydroxylation is 2. The van der Waals surface area contributed by atoms with Crippen molar-refractivity contribution < 1.29 is 13.9 Å². The minimum absolute atomic E-state index is 0.102. The van der Waals surface area contributed by atoms with Gasteiger partial charge in [-0.25, -0.2) is 0 Å². The summed E-state index contributed by atoms with van der Waals surface area (Å²) in [5.41, 5.74) is 2.32. The number of rotatable bonds is 7. The third kappa shape index (κ3) is 8.43. The van der Waals surface area contributed by atoms with E-state index in [0.717, 1.165) is 60.4 Å². The number of carbonyl (C=O) groups excluding carboxylic acids is 1. The number of nitrogens with zero attached hydrogens (tertiary/aromatic N) is 5. The first-order valence-electron chi connectivity index (χ1n) is 13.3. The average Bonchev–Trinajstić information content (AvgIpc) is 3.36. The normalized spacial score (nSPS) is 17.6. The number of hydrogen-bond donors (Lipinski definition) is 2. The molecule has 1 N–H and O–H groups in total. The maximum Gasteiger partial charge on any atom is 0.311 e. The predicted octanol–water partition coefficient (Wildman–Crippen LogP) is 3.27. The minimum atomic E-state index is -0.148. The number of likely N-dealkylation sites (tertiary alicyclic amines) is 1. The fourth-order valence-electron chi connectivity index (χ4n) is 4.88. The Morgan fingerprint density at radius 3 is 2.27 bits per heavy atom. The van der Waals surface area contributed by atoms with Crippen LogP contribution in [0, 0.1) is 19.8 Å². The Hall–Kier alpha value is -2.14. The summed E-state index contributed by atoms with van der Waals surface area (Å²) in [4.78, 5) is 20.4. The second-order valence-electron chi connectivity index (χ2n) is 10.3. The Bertz CT molecular complexity index is 975. The van der Waals surface area contributed by atoms with Gasteiger partial charge in [-0.15, -0.1) is 22.8 Å². The van der Waals surface area contributed by atoms with Crippen LogP contribution >= 0.6 is 12.6 Å². The summed E-state index contributed by atoms with van der Waals surface area (Å²) < 4.78 is 10.5. The van der Waals surface area contributed by atoms with Crippen molar-refractivity contribution in [1.29, 1.82) is 0 Å². The van der Waals surface area contributed by atoms with E-state index in [2.05, 4.69) is 51.8 Å². The van der Waals surface area contributed by atoms with Crippen molar-refractivity contribution in [2.24, 2.45) is 5.92 Å². The van der Waals surface area contributed by atoms with E-state index >= 15 is 0 Å². The van der Waals surface area contributed by atoms with Gasteiger partial charge in [-0.2, -0.15) is 0 Å². The SMILES string of the molecule is CNCc1nnc(C(=O)N2CCN(CC3CCN(C(C)C)CC3)CC2)o1.COc1cc(C)c(S)c(C)c1. The van der Waals surface area contributed by atoms with Crippen LogP contribution < -0.4 is 10.1 Å². The lowest BCUT2D eigenvalue weighted by Crippen LogP contribution is -2.50. The number of ether oxygens (including phenoxy) is 1. The number of aromatic nitrogens is 2. The zero-order valence-corrected chi connectivity index (χ0v) is 24.2. The van der Waals surface area contributed by atoms with Crippen molar-refractivity contribution >= 4 is 18.5 Å². The molecule has 0 atom stereocenters. The third-order valence-corrected chi connectivity index (χ3v) is 7.94. The van der Waals surface area contributed by atoms with Crippen molar-refractivity contribution in [1.82, 2.24) is 30.2 Å². The number of piperidine rings is 1. The Labute approximate surface area is 227 Å². The number of thiol groups is 1. The van der Waals surface area contributed by atoms with Crippen molar-refractivity contribution in [3.8, 4) is 5.75 Å². The van der Waals surface area contributed by atoms with E-state index in [4.69, 9.17) is 9.15 Å². The Morgan fingerprint density at radius 1 is 1.11 bits per heavy atom. The van der Waals surface area contributed by atoms with E-state index < -0.39 is 0 Å². The highest BCUT2D eigenvalue weighted by atomic mass is 32.1. The van der Waals surface area contributed by atoms with Gasteiger partial charge in [0.2, 0.25) is 5.89 Å². The molecule has 2 aliphatic heterocycles. The van der Waals surface area contributed by atoms with Crippen LogP contribution in [-0.2, 0) is 6.54 Å². The largest absolute Gasteiger partial charge is 0.497 e. The first kappa shape index (κ1) is 29.4. The molecule has 3 heterocycles. The fourth-order valence-corrected chi connectivity index (χ4v) is 5.01. The summed E-state index contributed by atoms with van der Waals surface area (Å²) >= 11 is 4.34. The van der Waals surface area contributed by atoms with Crippen LogP contribution in [0.25, 0.3) is 0 Å². The number of nitrogens with one attached hydrogen (secondary N) is 1. The van der Waals surface area contributed by atoms with Gasteiger partial charge in [0, 0.05) is 43.7 Å². The molecule has 0 unspecified atom stereocenters. The molecule has 0 spiro atoms. The highest BCUT2D eigenvalue weighted by Crippen LogP contribution is 2.24. The second kappa shape index (κ2) is 14.1. The first-order chi connectivity index (χ1) is 17.7. The van der Waals surface area contributed by atoms with Crippen LogP contribution in [-0.4, -0.2) is 96.8 Å². The molecule has 10 heteroatoms. The number of carbonyl (C=O) groups is 1. The van der Waals surface area contributed by atoms with Crippen molar-refractivity contribution in [2.45, 2.75) is 58.0 Å². The average molecular weight is 533 g/mol.